The van der Waals surface area contributed by atoms with Crippen LogP contribution in [0.2, 0.25) is 10.2 Å². The summed E-state index contributed by atoms with van der Waals surface area (Å²) in [6.45, 7) is -0.0495. The van der Waals surface area contributed by atoms with Crippen molar-refractivity contribution < 1.29 is 19.8 Å². The Morgan fingerprint density at radius 1 is 1.42 bits per heavy atom. The van der Waals surface area contributed by atoms with E-state index in [9.17, 15) is 14.7 Å². The molecule has 2 N–H and O–H groups in total. The number of amides is 1. The molecule has 1 aromatic rings. The molecule has 19 heavy (non-hydrogen) atoms. The highest BCUT2D eigenvalue weighted by Crippen LogP contribution is 2.25. The molecule has 0 bridgehead atoms. The van der Waals surface area contributed by atoms with Crippen LogP contribution in [0.4, 0.5) is 0 Å². The summed E-state index contributed by atoms with van der Waals surface area (Å²) in [4.78, 5) is 28.1. The molecule has 2 unspecified atom stereocenters. The summed E-state index contributed by atoms with van der Waals surface area (Å²) in [6.07, 6.45) is 0.359. The third-order valence-electron chi connectivity index (χ3n) is 2.88. The van der Waals surface area contributed by atoms with Gasteiger partial charge in [0.25, 0.3) is 5.91 Å². The first-order chi connectivity index (χ1) is 8.90. The number of aromatic nitrogens is 1. The Balaban J connectivity index is 2.33. The molecule has 0 saturated carbocycles. The normalized spacial score (nSPS) is 22.6. The van der Waals surface area contributed by atoms with Crippen LogP contribution in [-0.4, -0.2) is 50.7 Å². The van der Waals surface area contributed by atoms with E-state index in [1.54, 1.807) is 0 Å². The van der Waals surface area contributed by atoms with Crippen molar-refractivity contribution in [3.63, 3.8) is 0 Å². The molecule has 2 atom stereocenters. The number of carbonyl (C=O) groups is 2. The van der Waals surface area contributed by atoms with E-state index in [1.807, 2.05) is 0 Å². The lowest BCUT2D eigenvalue weighted by Crippen LogP contribution is -2.40. The molecule has 1 fully saturated rings. The predicted molar refractivity (Wildman–Crippen MR) is 67.3 cm³/mol. The van der Waals surface area contributed by atoms with E-state index in [0.717, 1.165) is 4.90 Å². The standard InChI is InChI=1S/C11H10Cl2N2O4/c12-7-3-14-9(13)2-6(7)10(17)15-4-5(16)1-8(15)11(18)19/h2-3,5,8,16H,1,4H2,(H,18,19). The number of likely N-dealkylation sites (tertiary alicyclic amines) is 1. The van der Waals surface area contributed by atoms with E-state index in [-0.39, 0.29) is 28.7 Å². The molecule has 1 aliphatic rings. The van der Waals surface area contributed by atoms with Gasteiger partial charge in [-0.25, -0.2) is 9.78 Å². The third kappa shape index (κ3) is 2.80. The van der Waals surface area contributed by atoms with Crippen LogP contribution in [0.1, 0.15) is 16.8 Å². The van der Waals surface area contributed by atoms with Gasteiger partial charge in [0, 0.05) is 19.2 Å². The highest BCUT2D eigenvalue weighted by atomic mass is 35.5. The van der Waals surface area contributed by atoms with Crippen molar-refractivity contribution in [3.8, 4) is 0 Å². The van der Waals surface area contributed by atoms with Crippen molar-refractivity contribution in [1.82, 2.24) is 9.88 Å². The number of aliphatic carboxylic acids is 1. The zero-order valence-electron chi connectivity index (χ0n) is 9.58. The molecule has 8 heteroatoms. The number of pyridine rings is 1. The smallest absolute Gasteiger partial charge is 0.326 e. The van der Waals surface area contributed by atoms with E-state index in [2.05, 4.69) is 4.98 Å². The van der Waals surface area contributed by atoms with E-state index in [0.29, 0.717) is 0 Å². The summed E-state index contributed by atoms with van der Waals surface area (Å²) >= 11 is 11.5. The van der Waals surface area contributed by atoms with Gasteiger partial charge in [-0.3, -0.25) is 4.79 Å². The number of aliphatic hydroxyl groups is 1. The van der Waals surface area contributed by atoms with Crippen LogP contribution in [0.5, 0.6) is 0 Å². The minimum absolute atomic E-state index is 0.00247. The Bertz CT molecular complexity index is 537. The van der Waals surface area contributed by atoms with Gasteiger partial charge in [0.2, 0.25) is 0 Å². The summed E-state index contributed by atoms with van der Waals surface area (Å²) in [5.74, 6) is -1.75. The van der Waals surface area contributed by atoms with E-state index in [4.69, 9.17) is 28.3 Å². The first kappa shape index (κ1) is 14.0. The maximum Gasteiger partial charge on any atom is 0.326 e. The molecule has 2 rings (SSSR count). The molecule has 1 amide bonds. The maximum absolute atomic E-state index is 12.3. The Kier molecular flexibility index (Phi) is 3.93. The molecular formula is C11H10Cl2N2O4. The Morgan fingerprint density at radius 2 is 2.11 bits per heavy atom. The summed E-state index contributed by atoms with van der Waals surface area (Å²) in [6, 6.07) is 0.209. The molecule has 0 spiro atoms. The highest BCUT2D eigenvalue weighted by molar-refractivity contribution is 6.35. The number of carbonyl (C=O) groups excluding carboxylic acids is 1. The number of hydrogen-bond acceptors (Lipinski definition) is 4. The van der Waals surface area contributed by atoms with Crippen LogP contribution in [-0.2, 0) is 4.79 Å². The largest absolute Gasteiger partial charge is 0.480 e. The third-order valence-corrected chi connectivity index (χ3v) is 3.39. The number of carboxylic acid groups (broad SMARTS) is 1. The monoisotopic (exact) mass is 304 g/mol. The second-order valence-electron chi connectivity index (χ2n) is 4.19. The van der Waals surface area contributed by atoms with E-state index >= 15 is 0 Å². The van der Waals surface area contributed by atoms with Gasteiger partial charge >= 0.3 is 5.97 Å². The van der Waals surface area contributed by atoms with E-state index < -0.39 is 24.0 Å². The van der Waals surface area contributed by atoms with Gasteiger partial charge in [0.1, 0.15) is 11.2 Å². The maximum atomic E-state index is 12.3. The van der Waals surface area contributed by atoms with Crippen LogP contribution < -0.4 is 0 Å². The molecule has 102 valence electrons. The minimum atomic E-state index is -1.17. The Hall–Kier alpha value is -1.37. The summed E-state index contributed by atoms with van der Waals surface area (Å²) in [5, 5.41) is 18.7. The Morgan fingerprint density at radius 3 is 2.74 bits per heavy atom. The fraction of sp³-hybridized carbons (Fsp3) is 0.364. The molecular weight excluding hydrogens is 295 g/mol. The van der Waals surface area contributed by atoms with Crippen molar-refractivity contribution >= 4 is 35.1 Å². The predicted octanol–water partition coefficient (Wildman–Crippen LogP) is 1.05. The van der Waals surface area contributed by atoms with Gasteiger partial charge < -0.3 is 15.1 Å². The van der Waals surface area contributed by atoms with Crippen molar-refractivity contribution in [2.24, 2.45) is 0 Å². The van der Waals surface area contributed by atoms with Crippen molar-refractivity contribution in [2.75, 3.05) is 6.54 Å². The molecule has 1 aromatic heterocycles. The molecule has 0 aliphatic carbocycles. The number of hydrogen-bond donors (Lipinski definition) is 2. The first-order valence-electron chi connectivity index (χ1n) is 5.43. The van der Waals surface area contributed by atoms with Crippen molar-refractivity contribution in [2.45, 2.75) is 18.6 Å². The fourth-order valence-electron chi connectivity index (χ4n) is 2.00. The Labute approximate surface area is 118 Å². The zero-order valence-corrected chi connectivity index (χ0v) is 11.1. The summed E-state index contributed by atoms with van der Waals surface area (Å²) < 4.78 is 0. The van der Waals surface area contributed by atoms with Crippen LogP contribution in [0, 0.1) is 0 Å². The number of β-amino-alcohol motifs (C(OH)–C–C–N with tert-alkyl or cyclic N) is 1. The number of rotatable bonds is 2. The van der Waals surface area contributed by atoms with Gasteiger partial charge in [-0.15, -0.1) is 0 Å². The molecule has 0 radical (unpaired) electrons. The summed E-state index contributed by atoms with van der Waals surface area (Å²) in [7, 11) is 0. The van der Waals surface area contributed by atoms with Crippen LogP contribution >= 0.6 is 23.2 Å². The lowest BCUT2D eigenvalue weighted by atomic mass is 10.2. The molecule has 2 heterocycles. The first-order valence-corrected chi connectivity index (χ1v) is 6.18. The molecule has 1 aliphatic heterocycles. The van der Waals surface area contributed by atoms with Crippen LogP contribution in [0.3, 0.4) is 0 Å². The lowest BCUT2D eigenvalue weighted by molar-refractivity contribution is -0.141. The van der Waals surface area contributed by atoms with Gasteiger partial charge in [0.15, 0.2) is 0 Å². The van der Waals surface area contributed by atoms with Gasteiger partial charge in [0.05, 0.1) is 16.7 Å². The van der Waals surface area contributed by atoms with Gasteiger partial charge in [-0.2, -0.15) is 0 Å². The SMILES string of the molecule is O=C(O)C1CC(O)CN1C(=O)c1cc(Cl)ncc1Cl. The van der Waals surface area contributed by atoms with Crippen molar-refractivity contribution in [1.29, 1.82) is 0 Å². The second kappa shape index (κ2) is 5.32. The summed E-state index contributed by atoms with van der Waals surface area (Å²) in [5.41, 5.74) is 0.0713. The highest BCUT2D eigenvalue weighted by Gasteiger charge is 2.39. The number of aliphatic hydroxyl groups excluding tert-OH is 1. The molecule has 0 aromatic carbocycles. The fourth-order valence-corrected chi connectivity index (χ4v) is 2.35. The van der Waals surface area contributed by atoms with Crippen molar-refractivity contribution in [3.05, 3.63) is 28.0 Å². The van der Waals surface area contributed by atoms with Crippen LogP contribution in [0.25, 0.3) is 0 Å². The van der Waals surface area contributed by atoms with E-state index in [1.165, 1.54) is 12.3 Å². The minimum Gasteiger partial charge on any atom is -0.480 e. The molecule has 1 saturated heterocycles. The average molecular weight is 305 g/mol. The quantitative estimate of drug-likeness (QED) is 0.797. The van der Waals surface area contributed by atoms with Crippen LogP contribution in [0.15, 0.2) is 12.3 Å². The average Bonchev–Trinajstić information content (AvgIpc) is 2.74. The molecule has 6 nitrogen and oxygen atoms in total. The number of carboxylic acids is 1. The van der Waals surface area contributed by atoms with Gasteiger partial charge in [-0.05, 0) is 6.07 Å². The lowest BCUT2D eigenvalue weighted by Gasteiger charge is -2.21. The van der Waals surface area contributed by atoms with Gasteiger partial charge in [-0.1, -0.05) is 23.2 Å². The number of halogens is 2. The number of nitrogens with zero attached hydrogens (tertiary/aromatic N) is 2. The second-order valence-corrected chi connectivity index (χ2v) is 4.98. The topological polar surface area (TPSA) is 90.7 Å². The zero-order chi connectivity index (χ0) is 14.2.